The summed E-state index contributed by atoms with van der Waals surface area (Å²) in [5.41, 5.74) is 3.89. The molecule has 0 aliphatic heterocycles. The molecule has 1 aliphatic carbocycles. The average molecular weight is 478 g/mol. The van der Waals surface area contributed by atoms with Crippen LogP contribution >= 0.6 is 0 Å². The number of aliphatic carboxylic acids is 1. The van der Waals surface area contributed by atoms with Crippen molar-refractivity contribution in [3.8, 4) is 11.1 Å². The third-order valence-electron chi connectivity index (χ3n) is 5.97. The SMILES string of the molecule is CCC(C(=O)O)N(C)C(=O)C(CNC(=O)OCC1c2ccccc2-c2ccccc21)C(F)(F)F. The number of carboxylic acid groups (broad SMARTS) is 1. The Morgan fingerprint density at radius 1 is 1.06 bits per heavy atom. The van der Waals surface area contributed by atoms with E-state index in [1.54, 1.807) is 0 Å². The van der Waals surface area contributed by atoms with E-state index < -0.39 is 42.7 Å². The lowest BCUT2D eigenvalue weighted by molar-refractivity contribution is -0.189. The molecule has 2 aromatic rings. The number of benzene rings is 2. The Morgan fingerprint density at radius 3 is 2.06 bits per heavy atom. The number of hydrogen-bond donors (Lipinski definition) is 2. The molecule has 10 heteroatoms. The first-order valence-corrected chi connectivity index (χ1v) is 10.7. The normalized spacial score (nSPS) is 14.5. The van der Waals surface area contributed by atoms with Gasteiger partial charge in [0.25, 0.3) is 0 Å². The number of rotatable bonds is 8. The number of amides is 2. The first kappa shape index (κ1) is 25.1. The molecule has 7 nitrogen and oxygen atoms in total. The predicted molar refractivity (Wildman–Crippen MR) is 117 cm³/mol. The number of alkyl halides is 3. The number of ether oxygens (including phenoxy) is 1. The Bertz CT molecular complexity index is 1030. The van der Waals surface area contributed by atoms with Gasteiger partial charge in [-0.3, -0.25) is 4.79 Å². The lowest BCUT2D eigenvalue weighted by atomic mass is 9.98. The molecule has 2 N–H and O–H groups in total. The van der Waals surface area contributed by atoms with Crippen molar-refractivity contribution in [1.82, 2.24) is 10.2 Å². The zero-order valence-corrected chi connectivity index (χ0v) is 18.6. The summed E-state index contributed by atoms with van der Waals surface area (Å²) in [6.45, 7) is 0.279. The highest BCUT2D eigenvalue weighted by atomic mass is 19.4. The van der Waals surface area contributed by atoms with Crippen LogP contribution in [0, 0.1) is 5.92 Å². The minimum Gasteiger partial charge on any atom is -0.480 e. The summed E-state index contributed by atoms with van der Waals surface area (Å²) in [6.07, 6.45) is -6.15. The number of fused-ring (bicyclic) bond motifs is 3. The molecule has 0 radical (unpaired) electrons. The van der Waals surface area contributed by atoms with Crippen molar-refractivity contribution in [2.24, 2.45) is 5.92 Å². The number of halogens is 3. The van der Waals surface area contributed by atoms with Gasteiger partial charge in [0.2, 0.25) is 5.91 Å². The fraction of sp³-hybridized carbons (Fsp3) is 0.375. The number of hydrogen-bond acceptors (Lipinski definition) is 4. The summed E-state index contributed by atoms with van der Waals surface area (Å²) in [5, 5.41) is 11.2. The minimum atomic E-state index is -4.99. The smallest absolute Gasteiger partial charge is 0.407 e. The standard InChI is InChI=1S/C24H25F3N2O5/c1-3-20(22(31)32)29(2)21(30)19(24(25,26)27)12-28-23(33)34-13-18-16-10-6-4-8-14(16)15-9-5-7-11-17(15)18/h4-11,18-20H,3,12-13H2,1-2H3,(H,28,33)(H,31,32). The van der Waals surface area contributed by atoms with E-state index in [0.29, 0.717) is 4.90 Å². The molecule has 0 bridgehead atoms. The van der Waals surface area contributed by atoms with Gasteiger partial charge in [-0.25, -0.2) is 9.59 Å². The molecular weight excluding hydrogens is 453 g/mol. The zero-order valence-electron chi connectivity index (χ0n) is 18.6. The van der Waals surface area contributed by atoms with Crippen molar-refractivity contribution in [3.05, 3.63) is 59.7 Å². The summed E-state index contributed by atoms with van der Waals surface area (Å²) < 4.78 is 45.8. The third kappa shape index (κ3) is 5.16. The molecule has 0 saturated heterocycles. The molecule has 0 heterocycles. The van der Waals surface area contributed by atoms with Crippen LogP contribution < -0.4 is 5.32 Å². The molecule has 0 saturated carbocycles. The highest BCUT2D eigenvalue weighted by Crippen LogP contribution is 2.44. The highest BCUT2D eigenvalue weighted by Gasteiger charge is 2.47. The van der Waals surface area contributed by atoms with Crippen molar-refractivity contribution in [3.63, 3.8) is 0 Å². The van der Waals surface area contributed by atoms with Crippen molar-refractivity contribution >= 4 is 18.0 Å². The van der Waals surface area contributed by atoms with Crippen molar-refractivity contribution in [2.45, 2.75) is 31.5 Å². The van der Waals surface area contributed by atoms with Gasteiger partial charge in [-0.05, 0) is 28.7 Å². The van der Waals surface area contributed by atoms with Gasteiger partial charge in [0.15, 0.2) is 5.92 Å². The molecule has 2 unspecified atom stereocenters. The van der Waals surface area contributed by atoms with E-state index in [2.05, 4.69) is 0 Å². The monoisotopic (exact) mass is 478 g/mol. The third-order valence-corrected chi connectivity index (χ3v) is 5.97. The van der Waals surface area contributed by atoms with Gasteiger partial charge in [0, 0.05) is 19.5 Å². The van der Waals surface area contributed by atoms with Gasteiger partial charge >= 0.3 is 18.2 Å². The predicted octanol–water partition coefficient (Wildman–Crippen LogP) is 4.03. The van der Waals surface area contributed by atoms with Crippen LogP contribution in [0.15, 0.2) is 48.5 Å². The van der Waals surface area contributed by atoms with Gasteiger partial charge in [0.05, 0.1) is 0 Å². The zero-order chi connectivity index (χ0) is 25.0. The fourth-order valence-electron chi connectivity index (χ4n) is 4.19. The van der Waals surface area contributed by atoms with Crippen LogP contribution in [0.4, 0.5) is 18.0 Å². The molecule has 2 atom stereocenters. The number of carbonyl (C=O) groups excluding carboxylic acids is 2. The number of likely N-dealkylation sites (N-methyl/N-ethyl adjacent to an activating group) is 1. The van der Waals surface area contributed by atoms with Crippen molar-refractivity contribution < 1.29 is 37.4 Å². The molecule has 182 valence electrons. The number of nitrogens with zero attached hydrogens (tertiary/aromatic N) is 1. The van der Waals surface area contributed by atoms with E-state index in [-0.39, 0.29) is 18.9 Å². The van der Waals surface area contributed by atoms with Crippen LogP contribution in [-0.2, 0) is 14.3 Å². The van der Waals surface area contributed by atoms with Crippen molar-refractivity contribution in [2.75, 3.05) is 20.2 Å². The summed E-state index contributed by atoms with van der Waals surface area (Å²) in [6, 6.07) is 13.8. The molecule has 3 rings (SSSR count). The van der Waals surface area contributed by atoms with Gasteiger partial charge in [0.1, 0.15) is 12.6 Å². The highest BCUT2D eigenvalue weighted by molar-refractivity contribution is 5.86. The maximum Gasteiger partial charge on any atom is 0.407 e. The first-order chi connectivity index (χ1) is 16.1. The Morgan fingerprint density at radius 2 is 1.59 bits per heavy atom. The van der Waals surface area contributed by atoms with E-state index in [1.807, 2.05) is 53.8 Å². The molecule has 1 aliphatic rings. The van der Waals surface area contributed by atoms with Crippen molar-refractivity contribution in [1.29, 1.82) is 0 Å². The molecule has 0 aromatic heterocycles. The molecule has 2 amide bonds. The molecule has 2 aromatic carbocycles. The van der Waals surface area contributed by atoms with E-state index >= 15 is 0 Å². The van der Waals surface area contributed by atoms with Gasteiger partial charge in [-0.2, -0.15) is 13.2 Å². The second-order valence-electron chi connectivity index (χ2n) is 8.01. The van der Waals surface area contributed by atoms with E-state index in [9.17, 15) is 27.6 Å². The second-order valence-corrected chi connectivity index (χ2v) is 8.01. The van der Waals surface area contributed by atoms with Crippen LogP contribution in [0.25, 0.3) is 11.1 Å². The lowest BCUT2D eigenvalue weighted by Crippen LogP contribution is -2.51. The van der Waals surface area contributed by atoms with Crippen LogP contribution in [0.3, 0.4) is 0 Å². The molecule has 0 fully saturated rings. The Kier molecular flexibility index (Phi) is 7.48. The molecule has 34 heavy (non-hydrogen) atoms. The quantitative estimate of drug-likeness (QED) is 0.598. The minimum absolute atomic E-state index is 0.0675. The van der Waals surface area contributed by atoms with Gasteiger partial charge < -0.3 is 20.1 Å². The number of carboxylic acids is 1. The second kappa shape index (κ2) is 10.1. The lowest BCUT2D eigenvalue weighted by Gasteiger charge is -2.29. The maximum atomic E-state index is 13.5. The summed E-state index contributed by atoms with van der Waals surface area (Å²) in [4.78, 5) is 36.4. The summed E-state index contributed by atoms with van der Waals surface area (Å²) in [5.74, 6) is -5.74. The van der Waals surface area contributed by atoms with Crippen LogP contribution in [-0.4, -0.2) is 60.4 Å². The van der Waals surface area contributed by atoms with Gasteiger partial charge in [-0.15, -0.1) is 0 Å². The van der Waals surface area contributed by atoms with E-state index in [4.69, 9.17) is 9.84 Å². The van der Waals surface area contributed by atoms with Crippen LogP contribution in [0.1, 0.15) is 30.4 Å². The van der Waals surface area contributed by atoms with Crippen LogP contribution in [0.5, 0.6) is 0 Å². The largest absolute Gasteiger partial charge is 0.480 e. The fourth-order valence-corrected chi connectivity index (χ4v) is 4.19. The number of carbonyl (C=O) groups is 3. The summed E-state index contributed by atoms with van der Waals surface area (Å²) in [7, 11) is 0.997. The Balaban J connectivity index is 1.65. The van der Waals surface area contributed by atoms with E-state index in [1.165, 1.54) is 6.92 Å². The topological polar surface area (TPSA) is 95.9 Å². The van der Waals surface area contributed by atoms with Crippen LogP contribution in [0.2, 0.25) is 0 Å². The Labute approximate surface area is 194 Å². The first-order valence-electron chi connectivity index (χ1n) is 10.7. The number of nitrogens with one attached hydrogen (secondary N) is 1. The summed E-state index contributed by atoms with van der Waals surface area (Å²) >= 11 is 0. The van der Waals surface area contributed by atoms with Gasteiger partial charge in [-0.1, -0.05) is 55.5 Å². The maximum absolute atomic E-state index is 13.5. The number of alkyl carbamates (subject to hydrolysis) is 1. The Hall–Kier alpha value is -3.56. The molecule has 0 spiro atoms. The average Bonchev–Trinajstić information content (AvgIpc) is 3.10. The van der Waals surface area contributed by atoms with E-state index in [0.717, 1.165) is 29.3 Å². The molecular formula is C24H25F3N2O5.